The Bertz CT molecular complexity index is 1020. The zero-order valence-electron chi connectivity index (χ0n) is 14.2. The van der Waals surface area contributed by atoms with Gasteiger partial charge >= 0.3 is 0 Å². The van der Waals surface area contributed by atoms with E-state index in [1.54, 1.807) is 25.1 Å². The third-order valence-electron chi connectivity index (χ3n) is 4.56. The van der Waals surface area contributed by atoms with Crippen molar-refractivity contribution in [1.82, 2.24) is 9.29 Å². The van der Waals surface area contributed by atoms with Gasteiger partial charge in [0.1, 0.15) is 5.52 Å². The average molecular weight is 392 g/mol. The molecule has 3 aromatic rings. The predicted molar refractivity (Wildman–Crippen MR) is 101 cm³/mol. The van der Waals surface area contributed by atoms with Crippen LogP contribution in [-0.4, -0.2) is 43.9 Å². The molecular weight excluding hydrogens is 374 g/mol. The van der Waals surface area contributed by atoms with E-state index >= 15 is 0 Å². The maximum atomic E-state index is 12.9. The van der Waals surface area contributed by atoms with E-state index in [0.29, 0.717) is 37.2 Å². The summed E-state index contributed by atoms with van der Waals surface area (Å²) in [6.07, 6.45) is 0. The minimum absolute atomic E-state index is 0.273. The monoisotopic (exact) mass is 391 g/mol. The van der Waals surface area contributed by atoms with Crippen LogP contribution in [0.3, 0.4) is 0 Å². The summed E-state index contributed by atoms with van der Waals surface area (Å²) in [6.45, 7) is 3.61. The molecule has 1 saturated heterocycles. The van der Waals surface area contributed by atoms with Gasteiger partial charge in [-0.25, -0.2) is 8.42 Å². The highest BCUT2D eigenvalue weighted by atomic mass is 35.5. The summed E-state index contributed by atoms with van der Waals surface area (Å²) in [5.41, 5.74) is 2.28. The third kappa shape index (κ3) is 3.06. The van der Waals surface area contributed by atoms with Crippen LogP contribution in [0.2, 0.25) is 5.02 Å². The zero-order chi connectivity index (χ0) is 18.3. The number of oxazole rings is 1. The lowest BCUT2D eigenvalue weighted by Gasteiger charge is -2.33. The first-order valence-corrected chi connectivity index (χ1v) is 10.1. The maximum absolute atomic E-state index is 12.9. The van der Waals surface area contributed by atoms with Crippen LogP contribution in [0, 0.1) is 6.92 Å². The number of para-hydroxylation sites is 2. The molecule has 0 aliphatic carbocycles. The molecule has 0 saturated carbocycles. The minimum atomic E-state index is -3.53. The molecule has 2 aromatic carbocycles. The molecule has 0 spiro atoms. The summed E-state index contributed by atoms with van der Waals surface area (Å²) in [5.74, 6) is 0. The van der Waals surface area contributed by atoms with Crippen molar-refractivity contribution in [2.24, 2.45) is 0 Å². The van der Waals surface area contributed by atoms with E-state index in [1.165, 1.54) is 4.31 Å². The van der Waals surface area contributed by atoms with E-state index in [0.717, 1.165) is 16.7 Å². The van der Waals surface area contributed by atoms with Gasteiger partial charge in [0.15, 0.2) is 5.58 Å². The smallest absolute Gasteiger partial charge is 0.298 e. The van der Waals surface area contributed by atoms with E-state index in [-0.39, 0.29) is 4.90 Å². The molecular formula is C18H18ClN3O3S. The number of anilines is 1. The van der Waals surface area contributed by atoms with Crippen molar-refractivity contribution in [3.63, 3.8) is 0 Å². The van der Waals surface area contributed by atoms with Gasteiger partial charge in [-0.05, 0) is 42.8 Å². The molecule has 4 rings (SSSR count). The molecule has 0 bridgehead atoms. The molecule has 2 heterocycles. The van der Waals surface area contributed by atoms with E-state index in [9.17, 15) is 8.42 Å². The van der Waals surface area contributed by atoms with E-state index in [2.05, 4.69) is 4.98 Å². The largest absolute Gasteiger partial charge is 0.423 e. The van der Waals surface area contributed by atoms with Crippen molar-refractivity contribution in [3.05, 3.63) is 53.1 Å². The summed E-state index contributed by atoms with van der Waals surface area (Å²) in [6, 6.07) is 12.9. The van der Waals surface area contributed by atoms with Gasteiger partial charge in [-0.3, -0.25) is 0 Å². The normalized spacial score (nSPS) is 16.3. The number of hydrogen-bond acceptors (Lipinski definition) is 5. The van der Waals surface area contributed by atoms with Gasteiger partial charge in [-0.15, -0.1) is 0 Å². The first kappa shape index (κ1) is 17.3. The van der Waals surface area contributed by atoms with Gasteiger partial charge in [-0.2, -0.15) is 9.29 Å². The predicted octanol–water partition coefficient (Wildman–Crippen LogP) is 3.30. The Hall–Kier alpha value is -2.09. The Balaban J connectivity index is 1.51. The van der Waals surface area contributed by atoms with Crippen LogP contribution >= 0.6 is 11.6 Å². The molecule has 0 unspecified atom stereocenters. The number of piperazine rings is 1. The molecule has 1 aromatic heterocycles. The number of sulfonamides is 1. The second-order valence-corrected chi connectivity index (χ2v) is 8.61. The Morgan fingerprint density at radius 1 is 1.08 bits per heavy atom. The molecule has 136 valence electrons. The lowest BCUT2D eigenvalue weighted by Crippen LogP contribution is -2.48. The molecule has 8 heteroatoms. The van der Waals surface area contributed by atoms with Gasteiger partial charge in [0.05, 0.1) is 4.90 Å². The van der Waals surface area contributed by atoms with Crippen LogP contribution in [0.25, 0.3) is 11.1 Å². The Kier molecular flexibility index (Phi) is 4.38. The molecule has 6 nitrogen and oxygen atoms in total. The van der Waals surface area contributed by atoms with Crippen LogP contribution in [0.15, 0.2) is 51.8 Å². The number of aryl methyl sites for hydroxylation is 1. The number of nitrogens with zero attached hydrogens (tertiary/aromatic N) is 3. The van der Waals surface area contributed by atoms with Gasteiger partial charge < -0.3 is 9.32 Å². The van der Waals surface area contributed by atoms with Crippen molar-refractivity contribution in [2.75, 3.05) is 31.1 Å². The first-order valence-electron chi connectivity index (χ1n) is 8.32. The highest BCUT2D eigenvalue weighted by molar-refractivity contribution is 7.89. The van der Waals surface area contributed by atoms with Crippen LogP contribution < -0.4 is 4.90 Å². The third-order valence-corrected chi connectivity index (χ3v) is 6.88. The number of rotatable bonds is 3. The summed E-state index contributed by atoms with van der Waals surface area (Å²) < 4.78 is 33.0. The van der Waals surface area contributed by atoms with E-state index in [4.69, 9.17) is 16.0 Å². The Morgan fingerprint density at radius 3 is 2.50 bits per heavy atom. The quantitative estimate of drug-likeness (QED) is 0.685. The van der Waals surface area contributed by atoms with Crippen LogP contribution in [0.1, 0.15) is 5.56 Å². The van der Waals surface area contributed by atoms with E-state index < -0.39 is 10.0 Å². The fourth-order valence-electron chi connectivity index (χ4n) is 3.04. The summed E-state index contributed by atoms with van der Waals surface area (Å²) in [5, 5.41) is 0.560. The van der Waals surface area contributed by atoms with Crippen molar-refractivity contribution in [1.29, 1.82) is 0 Å². The molecule has 0 amide bonds. The highest BCUT2D eigenvalue weighted by Crippen LogP contribution is 2.26. The van der Waals surface area contributed by atoms with Gasteiger partial charge in [0.25, 0.3) is 6.01 Å². The fraction of sp³-hybridized carbons (Fsp3) is 0.278. The summed E-state index contributed by atoms with van der Waals surface area (Å²) in [7, 11) is -3.53. The van der Waals surface area contributed by atoms with Gasteiger partial charge in [0.2, 0.25) is 10.0 Å². The minimum Gasteiger partial charge on any atom is -0.423 e. The lowest BCUT2D eigenvalue weighted by molar-refractivity contribution is 0.373. The van der Waals surface area contributed by atoms with Gasteiger partial charge in [0, 0.05) is 31.2 Å². The number of fused-ring (bicyclic) bond motifs is 1. The molecule has 0 radical (unpaired) electrons. The van der Waals surface area contributed by atoms with Crippen molar-refractivity contribution < 1.29 is 12.8 Å². The van der Waals surface area contributed by atoms with Gasteiger partial charge in [-0.1, -0.05) is 23.7 Å². The second kappa shape index (κ2) is 6.57. The lowest BCUT2D eigenvalue weighted by atomic mass is 10.2. The summed E-state index contributed by atoms with van der Waals surface area (Å²) in [4.78, 5) is 6.72. The fourth-order valence-corrected chi connectivity index (χ4v) is 4.67. The second-order valence-electron chi connectivity index (χ2n) is 6.27. The van der Waals surface area contributed by atoms with Crippen molar-refractivity contribution in [3.8, 4) is 0 Å². The molecule has 1 aliphatic heterocycles. The van der Waals surface area contributed by atoms with Crippen LogP contribution in [0.4, 0.5) is 6.01 Å². The highest BCUT2D eigenvalue weighted by Gasteiger charge is 2.30. The number of aromatic nitrogens is 1. The Morgan fingerprint density at radius 2 is 1.81 bits per heavy atom. The SMILES string of the molecule is Cc1cc(S(=O)(=O)N2CCN(c3nc4ccccc4o3)CC2)ccc1Cl. The molecule has 26 heavy (non-hydrogen) atoms. The average Bonchev–Trinajstić information content (AvgIpc) is 3.08. The molecule has 0 N–H and O–H groups in total. The Labute approximate surface area is 157 Å². The maximum Gasteiger partial charge on any atom is 0.298 e. The van der Waals surface area contributed by atoms with Crippen molar-refractivity contribution in [2.45, 2.75) is 11.8 Å². The zero-order valence-corrected chi connectivity index (χ0v) is 15.8. The first-order chi connectivity index (χ1) is 12.4. The molecule has 1 aliphatic rings. The number of halogens is 1. The summed E-state index contributed by atoms with van der Waals surface area (Å²) >= 11 is 6.00. The standard InChI is InChI=1S/C18H18ClN3O3S/c1-13-12-14(6-7-15(13)19)26(23,24)22-10-8-21(9-11-22)18-20-16-4-2-3-5-17(16)25-18/h2-7,12H,8-11H2,1H3. The van der Waals surface area contributed by atoms with Crippen molar-refractivity contribution >= 4 is 38.7 Å². The topological polar surface area (TPSA) is 66.7 Å². The number of benzene rings is 2. The van der Waals surface area contributed by atoms with Crippen LogP contribution in [0.5, 0.6) is 0 Å². The van der Waals surface area contributed by atoms with E-state index in [1.807, 2.05) is 29.2 Å². The van der Waals surface area contributed by atoms with Crippen LogP contribution in [-0.2, 0) is 10.0 Å². The molecule has 0 atom stereocenters. The molecule has 1 fully saturated rings. The number of hydrogen-bond donors (Lipinski definition) is 0.